The lowest BCUT2D eigenvalue weighted by Crippen LogP contribution is -2.46. The average Bonchev–Trinajstić information content (AvgIpc) is 3.59. The molecule has 32 heavy (non-hydrogen) atoms. The fraction of sp³-hybridized carbons (Fsp3) is 0.458. The Bertz CT molecular complexity index is 988. The van der Waals surface area contributed by atoms with Gasteiger partial charge in [-0.3, -0.25) is 4.79 Å². The molecule has 170 valence electrons. The zero-order valence-electron chi connectivity index (χ0n) is 18.6. The number of nitrogens with zero attached hydrogens (tertiary/aromatic N) is 4. The summed E-state index contributed by atoms with van der Waals surface area (Å²) in [7, 11) is 0. The SMILES string of the molecule is CCN(CC(C)N(CC)c1ccc(C#N)cn1)C(=O)COC1(c2ccc(F)c(Br)c2)CC1. The summed E-state index contributed by atoms with van der Waals surface area (Å²) in [5.74, 6) is 0.386. The van der Waals surface area contributed by atoms with Crippen molar-refractivity contribution in [1.82, 2.24) is 9.88 Å². The number of carbonyl (C=O) groups excluding carboxylic acids is 1. The van der Waals surface area contributed by atoms with Crippen LogP contribution in [0.4, 0.5) is 10.2 Å². The van der Waals surface area contributed by atoms with E-state index in [1.807, 2.05) is 19.9 Å². The maximum absolute atomic E-state index is 13.6. The number of halogens is 2. The van der Waals surface area contributed by atoms with Crippen LogP contribution in [0.1, 0.15) is 44.7 Å². The third-order valence-corrected chi connectivity index (χ3v) is 6.49. The first-order chi connectivity index (χ1) is 15.3. The number of nitriles is 1. The first-order valence-corrected chi connectivity index (χ1v) is 11.6. The number of hydrogen-bond acceptors (Lipinski definition) is 5. The van der Waals surface area contributed by atoms with Crippen molar-refractivity contribution in [2.45, 2.75) is 45.3 Å². The summed E-state index contributed by atoms with van der Waals surface area (Å²) in [5, 5.41) is 8.98. The van der Waals surface area contributed by atoms with Crippen LogP contribution in [-0.2, 0) is 15.1 Å². The number of hydrogen-bond donors (Lipinski definition) is 0. The van der Waals surface area contributed by atoms with Crippen molar-refractivity contribution in [3.05, 3.63) is 57.9 Å². The summed E-state index contributed by atoms with van der Waals surface area (Å²) in [6.45, 7) is 7.85. The summed E-state index contributed by atoms with van der Waals surface area (Å²) in [6, 6.07) is 10.6. The minimum Gasteiger partial charge on any atom is -0.360 e. The minimum atomic E-state index is -0.501. The van der Waals surface area contributed by atoms with Crippen LogP contribution in [0.5, 0.6) is 0 Å². The molecule has 0 radical (unpaired) electrons. The van der Waals surface area contributed by atoms with E-state index in [2.05, 4.69) is 38.8 Å². The molecule has 1 aliphatic rings. The molecule has 1 aromatic carbocycles. The van der Waals surface area contributed by atoms with E-state index in [1.165, 1.54) is 6.07 Å². The molecule has 1 amide bonds. The smallest absolute Gasteiger partial charge is 0.248 e. The molecule has 3 rings (SSSR count). The topological polar surface area (TPSA) is 69.5 Å². The van der Waals surface area contributed by atoms with Gasteiger partial charge in [-0.1, -0.05) is 6.07 Å². The van der Waals surface area contributed by atoms with Crippen molar-refractivity contribution in [3.8, 4) is 6.07 Å². The largest absolute Gasteiger partial charge is 0.360 e. The minimum absolute atomic E-state index is 0.0171. The van der Waals surface area contributed by atoms with E-state index in [0.717, 1.165) is 30.8 Å². The lowest BCUT2D eigenvalue weighted by molar-refractivity contribution is -0.139. The fourth-order valence-electron chi connectivity index (χ4n) is 3.85. The number of likely N-dealkylation sites (N-methyl/N-ethyl adjacent to an activating group) is 2. The van der Waals surface area contributed by atoms with Crippen molar-refractivity contribution in [1.29, 1.82) is 5.26 Å². The summed E-state index contributed by atoms with van der Waals surface area (Å²) in [6.07, 6.45) is 3.19. The van der Waals surface area contributed by atoms with Crippen molar-refractivity contribution in [3.63, 3.8) is 0 Å². The second-order valence-corrected chi connectivity index (χ2v) is 8.85. The standard InChI is InChI=1S/C24H28BrFN4O2/c1-4-29(15-17(3)30(5-2)22-9-6-18(13-27)14-28-22)23(31)16-32-24(10-11-24)19-7-8-21(26)20(25)12-19/h6-9,12,14,17H,4-5,10-11,15-16H2,1-3H3. The van der Waals surface area contributed by atoms with Gasteiger partial charge in [-0.25, -0.2) is 9.37 Å². The van der Waals surface area contributed by atoms with Gasteiger partial charge in [0, 0.05) is 31.9 Å². The van der Waals surface area contributed by atoms with Gasteiger partial charge in [-0.05, 0) is 79.4 Å². The molecule has 0 N–H and O–H groups in total. The fourth-order valence-corrected chi connectivity index (χ4v) is 4.23. The summed E-state index contributed by atoms with van der Waals surface area (Å²) >= 11 is 3.22. The Morgan fingerprint density at radius 2 is 2.06 bits per heavy atom. The molecule has 1 saturated carbocycles. The first-order valence-electron chi connectivity index (χ1n) is 10.8. The third kappa shape index (κ3) is 5.45. The van der Waals surface area contributed by atoms with E-state index in [0.29, 0.717) is 23.1 Å². The van der Waals surface area contributed by atoms with Crippen LogP contribution in [0.15, 0.2) is 41.0 Å². The Balaban J connectivity index is 1.61. The highest BCUT2D eigenvalue weighted by atomic mass is 79.9. The van der Waals surface area contributed by atoms with Crippen LogP contribution < -0.4 is 4.90 Å². The molecule has 1 heterocycles. The Hall–Kier alpha value is -2.50. The molecule has 0 saturated heterocycles. The number of amides is 1. The molecule has 1 aliphatic carbocycles. The molecule has 2 aromatic rings. The lowest BCUT2D eigenvalue weighted by Gasteiger charge is -2.33. The highest BCUT2D eigenvalue weighted by molar-refractivity contribution is 9.10. The molecule has 6 nitrogen and oxygen atoms in total. The summed E-state index contributed by atoms with van der Waals surface area (Å²) in [5.41, 5.74) is 0.903. The predicted molar refractivity (Wildman–Crippen MR) is 125 cm³/mol. The van der Waals surface area contributed by atoms with E-state index in [1.54, 1.807) is 29.3 Å². The normalized spacial score (nSPS) is 15.0. The zero-order valence-corrected chi connectivity index (χ0v) is 20.2. The summed E-state index contributed by atoms with van der Waals surface area (Å²) in [4.78, 5) is 21.2. The highest BCUT2D eigenvalue weighted by Gasteiger charge is 2.46. The molecule has 1 atom stereocenters. The molecule has 1 aromatic heterocycles. The van der Waals surface area contributed by atoms with Gasteiger partial charge >= 0.3 is 0 Å². The van der Waals surface area contributed by atoms with Crippen LogP contribution >= 0.6 is 15.9 Å². The van der Waals surface area contributed by atoms with Crippen LogP contribution in [0, 0.1) is 17.1 Å². The van der Waals surface area contributed by atoms with E-state index in [4.69, 9.17) is 10.00 Å². The Morgan fingerprint density at radius 1 is 1.31 bits per heavy atom. The zero-order chi connectivity index (χ0) is 23.3. The molecule has 0 aliphatic heterocycles. The van der Waals surface area contributed by atoms with Crippen molar-refractivity contribution >= 4 is 27.7 Å². The molecule has 0 bridgehead atoms. The number of ether oxygens (including phenoxy) is 1. The molecule has 8 heteroatoms. The Kier molecular flexibility index (Phi) is 7.86. The van der Waals surface area contributed by atoms with Crippen molar-refractivity contribution in [2.24, 2.45) is 0 Å². The van der Waals surface area contributed by atoms with Gasteiger partial charge < -0.3 is 14.5 Å². The quantitative estimate of drug-likeness (QED) is 0.473. The first kappa shape index (κ1) is 24.1. The van der Waals surface area contributed by atoms with Crippen LogP contribution in [0.3, 0.4) is 0 Å². The van der Waals surface area contributed by atoms with Gasteiger partial charge in [0.15, 0.2) is 0 Å². The monoisotopic (exact) mass is 502 g/mol. The lowest BCUT2D eigenvalue weighted by atomic mass is 10.1. The van der Waals surface area contributed by atoms with Crippen LogP contribution in [0.2, 0.25) is 0 Å². The number of anilines is 1. The van der Waals surface area contributed by atoms with Gasteiger partial charge in [0.1, 0.15) is 24.3 Å². The average molecular weight is 503 g/mol. The Labute approximate surface area is 197 Å². The Morgan fingerprint density at radius 3 is 2.59 bits per heavy atom. The molecular weight excluding hydrogens is 475 g/mol. The number of aromatic nitrogens is 1. The van der Waals surface area contributed by atoms with Gasteiger partial charge in [0.05, 0.1) is 15.6 Å². The molecule has 1 unspecified atom stereocenters. The van der Waals surface area contributed by atoms with Gasteiger partial charge in [-0.15, -0.1) is 0 Å². The predicted octanol–water partition coefficient (Wildman–Crippen LogP) is 4.62. The third-order valence-electron chi connectivity index (χ3n) is 5.88. The van der Waals surface area contributed by atoms with E-state index in [-0.39, 0.29) is 24.4 Å². The van der Waals surface area contributed by atoms with Crippen LogP contribution in [0.25, 0.3) is 0 Å². The number of carbonyl (C=O) groups is 1. The van der Waals surface area contributed by atoms with Crippen molar-refractivity contribution in [2.75, 3.05) is 31.1 Å². The number of benzene rings is 1. The number of pyridine rings is 1. The second-order valence-electron chi connectivity index (χ2n) is 8.00. The van der Waals surface area contributed by atoms with Gasteiger partial charge in [-0.2, -0.15) is 5.26 Å². The molecule has 1 fully saturated rings. The number of rotatable bonds is 10. The highest BCUT2D eigenvalue weighted by Crippen LogP contribution is 2.49. The molecule has 0 spiro atoms. The van der Waals surface area contributed by atoms with Gasteiger partial charge in [0.25, 0.3) is 0 Å². The van der Waals surface area contributed by atoms with Crippen LogP contribution in [-0.4, -0.2) is 48.1 Å². The maximum atomic E-state index is 13.6. The van der Waals surface area contributed by atoms with Gasteiger partial charge in [0.2, 0.25) is 5.91 Å². The van der Waals surface area contributed by atoms with Crippen molar-refractivity contribution < 1.29 is 13.9 Å². The van der Waals surface area contributed by atoms with E-state index in [9.17, 15) is 9.18 Å². The maximum Gasteiger partial charge on any atom is 0.248 e. The molecular formula is C24H28BrFN4O2. The van der Waals surface area contributed by atoms with E-state index >= 15 is 0 Å². The summed E-state index contributed by atoms with van der Waals surface area (Å²) < 4.78 is 20.0. The van der Waals surface area contributed by atoms with E-state index < -0.39 is 5.60 Å². The second kappa shape index (κ2) is 10.4.